The molecule has 3 aromatic rings. The molecule has 0 aliphatic heterocycles. The van der Waals surface area contributed by atoms with E-state index >= 15 is 0 Å². The number of anilines is 2. The standard InChI is InChI=1S/C28H35N5O4S/c1-17-15-16-20(37-17)23(26(35)31-28(2,3)4)33(19-13-9-6-10-14-19)27(36)24-21(29)22(32-38-24)25(34)30-18-11-7-5-8-12-18/h6,9-10,13-16,18,23H,5,7-8,11-12,29H2,1-4H3,(H,30,34)(H,31,35)/t23-/m1/s1. The van der Waals surface area contributed by atoms with E-state index < -0.39 is 23.4 Å². The predicted octanol–water partition coefficient (Wildman–Crippen LogP) is 4.99. The molecular formula is C28H35N5O4S. The van der Waals surface area contributed by atoms with Crippen molar-refractivity contribution >= 4 is 40.6 Å². The van der Waals surface area contributed by atoms with Crippen molar-refractivity contribution in [3.63, 3.8) is 0 Å². The van der Waals surface area contributed by atoms with Gasteiger partial charge < -0.3 is 20.8 Å². The number of benzene rings is 1. The van der Waals surface area contributed by atoms with Crippen LogP contribution in [0.15, 0.2) is 46.9 Å². The van der Waals surface area contributed by atoms with Crippen LogP contribution in [0, 0.1) is 6.92 Å². The molecule has 3 amide bonds. The van der Waals surface area contributed by atoms with Gasteiger partial charge in [-0.1, -0.05) is 37.5 Å². The zero-order chi connectivity index (χ0) is 27.4. The van der Waals surface area contributed by atoms with Crippen LogP contribution in [0.2, 0.25) is 0 Å². The number of aryl methyl sites for hydroxylation is 1. The van der Waals surface area contributed by atoms with Gasteiger partial charge in [-0.25, -0.2) is 0 Å². The van der Waals surface area contributed by atoms with E-state index in [0.29, 0.717) is 17.2 Å². The zero-order valence-electron chi connectivity index (χ0n) is 22.2. The fraction of sp³-hybridized carbons (Fsp3) is 0.429. The molecule has 1 saturated carbocycles. The summed E-state index contributed by atoms with van der Waals surface area (Å²) >= 11 is 0.851. The van der Waals surface area contributed by atoms with E-state index in [1.807, 2.05) is 26.8 Å². The molecule has 0 radical (unpaired) electrons. The first-order valence-corrected chi connectivity index (χ1v) is 13.7. The van der Waals surface area contributed by atoms with E-state index in [2.05, 4.69) is 15.0 Å². The summed E-state index contributed by atoms with van der Waals surface area (Å²) in [5.41, 5.74) is 6.31. The lowest BCUT2D eigenvalue weighted by molar-refractivity contribution is -0.124. The number of furan rings is 1. The molecular weight excluding hydrogens is 502 g/mol. The van der Waals surface area contributed by atoms with Crippen LogP contribution in [0.1, 0.15) is 90.6 Å². The van der Waals surface area contributed by atoms with Crippen LogP contribution in [-0.2, 0) is 4.79 Å². The largest absolute Gasteiger partial charge is 0.464 e. The van der Waals surface area contributed by atoms with Gasteiger partial charge in [-0.15, -0.1) is 0 Å². The van der Waals surface area contributed by atoms with Crippen molar-refractivity contribution in [2.24, 2.45) is 0 Å². The van der Waals surface area contributed by atoms with Crippen LogP contribution in [0.4, 0.5) is 11.4 Å². The molecule has 202 valence electrons. The maximum Gasteiger partial charge on any atom is 0.273 e. The summed E-state index contributed by atoms with van der Waals surface area (Å²) in [5, 5.41) is 5.97. The van der Waals surface area contributed by atoms with Crippen molar-refractivity contribution in [1.29, 1.82) is 0 Å². The van der Waals surface area contributed by atoms with Crippen LogP contribution in [-0.4, -0.2) is 33.7 Å². The summed E-state index contributed by atoms with van der Waals surface area (Å²) in [5.74, 6) is -0.444. The second kappa shape index (κ2) is 11.4. The van der Waals surface area contributed by atoms with Gasteiger partial charge in [0, 0.05) is 17.3 Å². The lowest BCUT2D eigenvalue weighted by atomic mass is 9.95. The first-order valence-electron chi connectivity index (χ1n) is 12.9. The van der Waals surface area contributed by atoms with Crippen molar-refractivity contribution in [1.82, 2.24) is 15.0 Å². The Hall–Kier alpha value is -3.66. The third-order valence-electron chi connectivity index (χ3n) is 6.37. The summed E-state index contributed by atoms with van der Waals surface area (Å²) in [4.78, 5) is 42.2. The number of amides is 3. The number of hydrogen-bond acceptors (Lipinski definition) is 7. The lowest BCUT2D eigenvalue weighted by Gasteiger charge is -2.32. The summed E-state index contributed by atoms with van der Waals surface area (Å²) in [6.45, 7) is 7.36. The first kappa shape index (κ1) is 27.4. The van der Waals surface area contributed by atoms with Crippen molar-refractivity contribution in [2.75, 3.05) is 10.6 Å². The number of carbonyl (C=O) groups excluding carboxylic acids is 3. The number of para-hydroxylation sites is 1. The van der Waals surface area contributed by atoms with Crippen molar-refractivity contribution in [3.05, 3.63) is 64.6 Å². The van der Waals surface area contributed by atoms with E-state index in [0.717, 1.165) is 37.2 Å². The van der Waals surface area contributed by atoms with E-state index in [4.69, 9.17) is 10.2 Å². The molecule has 4 N–H and O–H groups in total. The number of nitrogens with zero attached hydrogens (tertiary/aromatic N) is 2. The minimum Gasteiger partial charge on any atom is -0.464 e. The Balaban J connectivity index is 1.73. The quantitative estimate of drug-likeness (QED) is 0.389. The van der Waals surface area contributed by atoms with E-state index in [1.165, 1.54) is 11.3 Å². The monoisotopic (exact) mass is 537 g/mol. The Labute approximate surface area is 226 Å². The molecule has 4 rings (SSSR count). The summed E-state index contributed by atoms with van der Waals surface area (Å²) in [6.07, 6.45) is 5.13. The maximum absolute atomic E-state index is 14.1. The fourth-order valence-corrected chi connectivity index (χ4v) is 5.34. The highest BCUT2D eigenvalue weighted by Gasteiger charge is 2.39. The molecule has 9 nitrogen and oxygen atoms in total. The molecule has 2 aromatic heterocycles. The molecule has 0 spiro atoms. The van der Waals surface area contributed by atoms with Crippen LogP contribution >= 0.6 is 11.5 Å². The summed E-state index contributed by atoms with van der Waals surface area (Å²) in [7, 11) is 0. The number of aromatic nitrogens is 1. The Morgan fingerprint density at radius 1 is 1.08 bits per heavy atom. The van der Waals surface area contributed by atoms with Gasteiger partial charge in [-0.3, -0.25) is 19.3 Å². The van der Waals surface area contributed by atoms with Gasteiger partial charge in [-0.2, -0.15) is 4.37 Å². The van der Waals surface area contributed by atoms with Gasteiger partial charge in [0.1, 0.15) is 16.4 Å². The number of hydrogen-bond donors (Lipinski definition) is 3. The molecule has 2 heterocycles. The molecule has 10 heteroatoms. The number of nitrogen functional groups attached to an aromatic ring is 1. The molecule has 38 heavy (non-hydrogen) atoms. The second-order valence-corrected chi connectivity index (χ2v) is 11.5. The van der Waals surface area contributed by atoms with Gasteiger partial charge in [0.15, 0.2) is 11.7 Å². The third-order valence-corrected chi connectivity index (χ3v) is 7.22. The normalized spacial score (nSPS) is 15.1. The number of rotatable bonds is 7. The smallest absolute Gasteiger partial charge is 0.273 e. The van der Waals surface area contributed by atoms with Crippen molar-refractivity contribution in [2.45, 2.75) is 77.4 Å². The maximum atomic E-state index is 14.1. The minimum atomic E-state index is -1.13. The Bertz CT molecular complexity index is 1290. The average Bonchev–Trinajstić information content (AvgIpc) is 3.47. The molecule has 0 unspecified atom stereocenters. The highest BCUT2D eigenvalue weighted by atomic mass is 32.1. The number of nitrogens with one attached hydrogen (secondary N) is 2. The average molecular weight is 538 g/mol. The first-order chi connectivity index (χ1) is 18.0. The van der Waals surface area contributed by atoms with Crippen LogP contribution in [0.25, 0.3) is 0 Å². The Morgan fingerprint density at radius 2 is 1.76 bits per heavy atom. The van der Waals surface area contributed by atoms with Crippen LogP contribution in [0.3, 0.4) is 0 Å². The Morgan fingerprint density at radius 3 is 2.37 bits per heavy atom. The highest BCUT2D eigenvalue weighted by Crippen LogP contribution is 2.34. The van der Waals surface area contributed by atoms with Crippen molar-refractivity contribution < 1.29 is 18.8 Å². The third kappa shape index (κ3) is 6.24. The SMILES string of the molecule is Cc1ccc([C@H](C(=O)NC(C)(C)C)N(C(=O)c2snc(C(=O)NC3CCCCC3)c2N)c2ccccc2)o1. The topological polar surface area (TPSA) is 131 Å². The fourth-order valence-electron chi connectivity index (χ4n) is 4.61. The molecule has 0 saturated heterocycles. The Kier molecular flexibility index (Phi) is 8.20. The second-order valence-electron chi connectivity index (χ2n) is 10.7. The lowest BCUT2D eigenvalue weighted by Crippen LogP contribution is -2.49. The number of nitrogens with two attached hydrogens (primary N) is 1. The van der Waals surface area contributed by atoms with Crippen LogP contribution in [0.5, 0.6) is 0 Å². The van der Waals surface area contributed by atoms with Gasteiger partial charge in [0.05, 0.1) is 5.69 Å². The number of carbonyl (C=O) groups is 3. The van der Waals surface area contributed by atoms with E-state index in [-0.39, 0.29) is 28.2 Å². The zero-order valence-corrected chi connectivity index (χ0v) is 23.1. The molecule has 0 bridgehead atoms. The molecule has 1 aliphatic carbocycles. The summed E-state index contributed by atoms with van der Waals surface area (Å²) in [6, 6.07) is 11.2. The summed E-state index contributed by atoms with van der Waals surface area (Å²) < 4.78 is 10.1. The van der Waals surface area contributed by atoms with Gasteiger partial charge in [0.2, 0.25) is 0 Å². The van der Waals surface area contributed by atoms with Gasteiger partial charge in [0.25, 0.3) is 17.7 Å². The van der Waals surface area contributed by atoms with Gasteiger partial charge >= 0.3 is 0 Å². The van der Waals surface area contributed by atoms with Crippen LogP contribution < -0.4 is 21.3 Å². The van der Waals surface area contributed by atoms with E-state index in [1.54, 1.807) is 43.3 Å². The van der Waals surface area contributed by atoms with E-state index in [9.17, 15) is 14.4 Å². The van der Waals surface area contributed by atoms with Crippen molar-refractivity contribution in [3.8, 4) is 0 Å². The predicted molar refractivity (Wildman–Crippen MR) is 148 cm³/mol. The minimum absolute atomic E-state index is 0.000143. The molecule has 1 aromatic carbocycles. The molecule has 1 aliphatic rings. The van der Waals surface area contributed by atoms with Gasteiger partial charge in [-0.05, 0) is 76.3 Å². The highest BCUT2D eigenvalue weighted by molar-refractivity contribution is 7.09. The molecule has 1 fully saturated rings. The molecule has 1 atom stereocenters.